The molecule has 1 unspecified atom stereocenters. The molecule has 0 aliphatic heterocycles. The Labute approximate surface area is 66.3 Å². The number of nitrogens with one attached hydrogen (secondary N) is 1. The molecule has 0 saturated carbocycles. The average molecular weight is 158 g/mol. The summed E-state index contributed by atoms with van der Waals surface area (Å²) in [6.07, 6.45) is 2.49. The molecule has 0 rings (SSSR count). The normalized spacial score (nSPS) is 13.4. The molecule has 0 aromatic rings. The zero-order chi connectivity index (χ0) is 8.69. The zero-order valence-corrected chi connectivity index (χ0v) is 6.87. The van der Waals surface area contributed by atoms with Crippen molar-refractivity contribution in [2.75, 3.05) is 0 Å². The lowest BCUT2D eigenvalue weighted by Gasteiger charge is -2.02. The summed E-state index contributed by atoms with van der Waals surface area (Å²) in [6.45, 7) is 3.44. The van der Waals surface area contributed by atoms with E-state index in [1.165, 1.54) is 6.34 Å². The number of hydrogen-bond donors (Lipinski definition) is 2. The van der Waals surface area contributed by atoms with Crippen LogP contribution in [0.25, 0.3) is 0 Å². The largest absolute Gasteiger partial charge is 0.300 e. The Kier molecular flexibility index (Phi) is 5.37. The lowest BCUT2D eigenvalue weighted by atomic mass is 10.1. The van der Waals surface area contributed by atoms with Gasteiger partial charge in [-0.1, -0.05) is 0 Å². The standard InChI is InChI=1S/C7H14N2O2/c1-6(8-5-9-11)3-4-7(2)10/h5-6,11H,3-4H2,1-2H3,(H,8,9). The maximum atomic E-state index is 10.5. The van der Waals surface area contributed by atoms with E-state index in [0.29, 0.717) is 6.42 Å². The fraction of sp³-hybridized carbons (Fsp3) is 0.714. The highest BCUT2D eigenvalue weighted by Crippen LogP contribution is 2.00. The van der Waals surface area contributed by atoms with E-state index in [0.717, 1.165) is 6.42 Å². The van der Waals surface area contributed by atoms with Gasteiger partial charge in [-0.05, 0) is 20.3 Å². The van der Waals surface area contributed by atoms with E-state index >= 15 is 0 Å². The van der Waals surface area contributed by atoms with E-state index < -0.39 is 0 Å². The molecular weight excluding hydrogens is 144 g/mol. The quantitative estimate of drug-likeness (QED) is 0.352. The summed E-state index contributed by atoms with van der Waals surface area (Å²) in [5.74, 6) is 0.170. The minimum absolute atomic E-state index is 0.0820. The third-order valence-electron chi connectivity index (χ3n) is 1.30. The molecule has 64 valence electrons. The number of hydrogen-bond acceptors (Lipinski definition) is 3. The fourth-order valence-corrected chi connectivity index (χ4v) is 0.647. The second-order valence-electron chi connectivity index (χ2n) is 2.50. The van der Waals surface area contributed by atoms with Crippen molar-refractivity contribution in [3.8, 4) is 0 Å². The van der Waals surface area contributed by atoms with E-state index in [1.807, 2.05) is 12.4 Å². The summed E-state index contributed by atoms with van der Waals surface area (Å²) in [6, 6.07) is 0.0820. The lowest BCUT2D eigenvalue weighted by molar-refractivity contribution is -0.117. The molecule has 0 aromatic heterocycles. The van der Waals surface area contributed by atoms with Gasteiger partial charge in [-0.15, -0.1) is 0 Å². The van der Waals surface area contributed by atoms with E-state index in [9.17, 15) is 4.79 Å². The molecule has 4 nitrogen and oxygen atoms in total. The van der Waals surface area contributed by atoms with Crippen molar-refractivity contribution in [1.29, 1.82) is 0 Å². The predicted molar refractivity (Wildman–Crippen MR) is 42.8 cm³/mol. The number of Topliss-reactive ketones (excluding diaryl/α,β-unsaturated/α-hetero) is 1. The summed E-state index contributed by atoms with van der Waals surface area (Å²) in [5.41, 5.74) is 1.81. The molecule has 1 atom stereocenters. The monoisotopic (exact) mass is 158 g/mol. The molecule has 4 heteroatoms. The van der Waals surface area contributed by atoms with Crippen LogP contribution in [0, 0.1) is 0 Å². The Morgan fingerprint density at radius 1 is 1.82 bits per heavy atom. The van der Waals surface area contributed by atoms with Crippen LogP contribution in [0.15, 0.2) is 4.99 Å². The van der Waals surface area contributed by atoms with Crippen LogP contribution in [0.4, 0.5) is 0 Å². The van der Waals surface area contributed by atoms with Crippen LogP contribution >= 0.6 is 0 Å². The number of carbonyl (C=O) groups is 1. The first-order chi connectivity index (χ1) is 5.16. The summed E-state index contributed by atoms with van der Waals surface area (Å²) < 4.78 is 0. The molecule has 2 N–H and O–H groups in total. The SMILES string of the molecule is CC(=O)CCC(C)N=CNO. The predicted octanol–water partition coefficient (Wildman–Crippen LogP) is 0.751. The van der Waals surface area contributed by atoms with Gasteiger partial charge in [0.25, 0.3) is 0 Å². The third-order valence-corrected chi connectivity index (χ3v) is 1.30. The highest BCUT2D eigenvalue weighted by Gasteiger charge is 1.99. The number of aliphatic imine (C=N–C) groups is 1. The molecule has 0 fully saturated rings. The molecule has 0 saturated heterocycles. The lowest BCUT2D eigenvalue weighted by Crippen LogP contribution is -2.08. The molecule has 0 spiro atoms. The first-order valence-corrected chi connectivity index (χ1v) is 3.57. The third kappa shape index (κ3) is 6.99. The molecule has 0 aliphatic rings. The van der Waals surface area contributed by atoms with Gasteiger partial charge in [-0.2, -0.15) is 0 Å². The zero-order valence-electron chi connectivity index (χ0n) is 6.87. The van der Waals surface area contributed by atoms with E-state index in [2.05, 4.69) is 4.99 Å². The van der Waals surface area contributed by atoms with E-state index in [4.69, 9.17) is 5.21 Å². The molecule has 0 bridgehead atoms. The van der Waals surface area contributed by atoms with Crippen molar-refractivity contribution >= 4 is 12.1 Å². The topological polar surface area (TPSA) is 61.7 Å². The molecular formula is C7H14N2O2. The summed E-state index contributed by atoms with van der Waals surface area (Å²) in [7, 11) is 0. The minimum Gasteiger partial charge on any atom is -0.300 e. The molecule has 11 heavy (non-hydrogen) atoms. The van der Waals surface area contributed by atoms with Crippen LogP contribution in [0.5, 0.6) is 0 Å². The van der Waals surface area contributed by atoms with Crippen molar-refractivity contribution in [2.24, 2.45) is 4.99 Å². The number of rotatable bonds is 5. The van der Waals surface area contributed by atoms with Crippen LogP contribution in [-0.4, -0.2) is 23.4 Å². The smallest absolute Gasteiger partial charge is 0.129 e. The van der Waals surface area contributed by atoms with E-state index in [1.54, 1.807) is 6.92 Å². The first-order valence-electron chi connectivity index (χ1n) is 3.57. The van der Waals surface area contributed by atoms with Gasteiger partial charge in [0.2, 0.25) is 0 Å². The van der Waals surface area contributed by atoms with Crippen LogP contribution in [0.2, 0.25) is 0 Å². The Bertz CT molecular complexity index is 145. The summed E-state index contributed by atoms with van der Waals surface area (Å²) in [5, 5.41) is 8.13. The molecule has 0 aliphatic carbocycles. The van der Waals surface area contributed by atoms with Gasteiger partial charge < -0.3 is 4.79 Å². The van der Waals surface area contributed by atoms with Crippen LogP contribution in [-0.2, 0) is 4.79 Å². The van der Waals surface area contributed by atoms with Crippen molar-refractivity contribution in [1.82, 2.24) is 5.48 Å². The van der Waals surface area contributed by atoms with Crippen LogP contribution < -0.4 is 5.48 Å². The van der Waals surface area contributed by atoms with Gasteiger partial charge in [0.15, 0.2) is 0 Å². The van der Waals surface area contributed by atoms with E-state index in [-0.39, 0.29) is 11.8 Å². The molecule has 0 aromatic carbocycles. The van der Waals surface area contributed by atoms with Crippen LogP contribution in [0.1, 0.15) is 26.7 Å². The highest BCUT2D eigenvalue weighted by molar-refractivity contribution is 5.75. The average Bonchev–Trinajstić information content (AvgIpc) is 1.97. The second-order valence-corrected chi connectivity index (χ2v) is 2.50. The van der Waals surface area contributed by atoms with Crippen molar-refractivity contribution in [3.05, 3.63) is 0 Å². The Morgan fingerprint density at radius 3 is 2.91 bits per heavy atom. The molecule has 0 amide bonds. The second kappa shape index (κ2) is 5.85. The summed E-state index contributed by atoms with van der Waals surface area (Å²) >= 11 is 0. The Hall–Kier alpha value is -0.900. The van der Waals surface area contributed by atoms with Gasteiger partial charge in [0.05, 0.1) is 0 Å². The maximum Gasteiger partial charge on any atom is 0.129 e. The van der Waals surface area contributed by atoms with Gasteiger partial charge in [0, 0.05) is 12.5 Å². The Balaban J connectivity index is 3.44. The molecule has 0 heterocycles. The maximum absolute atomic E-state index is 10.5. The first kappa shape index (κ1) is 10.1. The number of nitrogens with zero attached hydrogens (tertiary/aromatic N) is 1. The van der Waals surface area contributed by atoms with Crippen molar-refractivity contribution in [2.45, 2.75) is 32.7 Å². The summed E-state index contributed by atoms with van der Waals surface area (Å²) in [4.78, 5) is 14.4. The number of hydroxylamine groups is 1. The van der Waals surface area contributed by atoms with Crippen molar-refractivity contribution < 1.29 is 10.0 Å². The van der Waals surface area contributed by atoms with Crippen molar-refractivity contribution in [3.63, 3.8) is 0 Å². The van der Waals surface area contributed by atoms with Gasteiger partial charge in [-0.25, -0.2) is 0 Å². The minimum atomic E-state index is 0.0820. The van der Waals surface area contributed by atoms with Gasteiger partial charge in [-0.3, -0.25) is 15.7 Å². The number of carbonyl (C=O) groups excluding carboxylic acids is 1. The fourth-order valence-electron chi connectivity index (χ4n) is 0.647. The Morgan fingerprint density at radius 2 is 2.45 bits per heavy atom. The highest BCUT2D eigenvalue weighted by atomic mass is 16.5. The van der Waals surface area contributed by atoms with Gasteiger partial charge in [0.1, 0.15) is 12.1 Å². The molecule has 0 radical (unpaired) electrons. The number of ketones is 1. The van der Waals surface area contributed by atoms with Gasteiger partial charge >= 0.3 is 0 Å². The van der Waals surface area contributed by atoms with Crippen LogP contribution in [0.3, 0.4) is 0 Å².